The highest BCUT2D eigenvalue weighted by atomic mass is 16.7. The van der Waals surface area contributed by atoms with Crippen LogP contribution in [0.1, 0.15) is 38.4 Å². The first kappa shape index (κ1) is 12.8. The number of hydrogen-bond acceptors (Lipinski definition) is 4. The van der Waals surface area contributed by atoms with Crippen LogP contribution in [-0.4, -0.2) is 22.9 Å². The lowest BCUT2D eigenvalue weighted by molar-refractivity contribution is 0.0999. The number of aromatic nitrogens is 2. The Balaban J connectivity index is 2.43. The fourth-order valence-corrected chi connectivity index (χ4v) is 1.44. The molecule has 0 fully saturated rings. The summed E-state index contributed by atoms with van der Waals surface area (Å²) in [6.07, 6.45) is 6.82. The number of rotatable bonds is 8. The van der Waals surface area contributed by atoms with Crippen LogP contribution in [0.2, 0.25) is 0 Å². The van der Waals surface area contributed by atoms with Gasteiger partial charge in [0, 0.05) is 6.42 Å². The van der Waals surface area contributed by atoms with Crippen LogP contribution >= 0.6 is 0 Å². The molecule has 0 unspecified atom stereocenters. The maximum absolute atomic E-state index is 5.65. The third-order valence-corrected chi connectivity index (χ3v) is 2.34. The predicted octanol–water partition coefficient (Wildman–Crippen LogP) is 0.975. The minimum Gasteiger partial charge on any atom is -0.413 e. The van der Waals surface area contributed by atoms with Crippen molar-refractivity contribution in [2.24, 2.45) is 5.73 Å². The standard InChI is InChI=1S/C11H22N4O/c1-2-3-6-11-14-10(13)9-15(11)16-8-5-4-7-12/h9H,2-8,12-13H2,1H3. The topological polar surface area (TPSA) is 79.1 Å². The minimum atomic E-state index is 0.518. The van der Waals surface area contributed by atoms with Crippen molar-refractivity contribution >= 4 is 5.82 Å². The Kier molecular flexibility index (Phi) is 5.71. The van der Waals surface area contributed by atoms with Crippen molar-refractivity contribution < 1.29 is 4.84 Å². The average molecular weight is 226 g/mol. The third kappa shape index (κ3) is 4.10. The van der Waals surface area contributed by atoms with E-state index in [4.69, 9.17) is 16.3 Å². The van der Waals surface area contributed by atoms with Crippen LogP contribution in [0, 0.1) is 0 Å². The van der Waals surface area contributed by atoms with E-state index in [1.165, 1.54) is 0 Å². The zero-order chi connectivity index (χ0) is 11.8. The van der Waals surface area contributed by atoms with Gasteiger partial charge < -0.3 is 16.3 Å². The van der Waals surface area contributed by atoms with E-state index in [0.717, 1.165) is 37.9 Å². The van der Waals surface area contributed by atoms with E-state index in [2.05, 4.69) is 11.9 Å². The summed E-state index contributed by atoms with van der Waals surface area (Å²) in [4.78, 5) is 9.81. The molecular weight excluding hydrogens is 204 g/mol. The maximum atomic E-state index is 5.65. The molecule has 0 aromatic carbocycles. The van der Waals surface area contributed by atoms with E-state index in [1.807, 2.05) is 0 Å². The first-order valence-corrected chi connectivity index (χ1v) is 5.95. The molecule has 0 bridgehead atoms. The van der Waals surface area contributed by atoms with Crippen LogP contribution in [0.15, 0.2) is 6.20 Å². The summed E-state index contributed by atoms with van der Waals surface area (Å²) in [6.45, 7) is 3.52. The van der Waals surface area contributed by atoms with Crippen molar-refractivity contribution in [3.63, 3.8) is 0 Å². The van der Waals surface area contributed by atoms with Gasteiger partial charge in [-0.1, -0.05) is 13.3 Å². The predicted molar refractivity (Wildman–Crippen MR) is 65.0 cm³/mol. The molecule has 0 aliphatic heterocycles. The van der Waals surface area contributed by atoms with Crippen LogP contribution in [0.4, 0.5) is 5.82 Å². The molecule has 1 heterocycles. The third-order valence-electron chi connectivity index (χ3n) is 2.34. The highest BCUT2D eigenvalue weighted by Gasteiger charge is 2.06. The number of nitrogens with zero attached hydrogens (tertiary/aromatic N) is 2. The van der Waals surface area contributed by atoms with E-state index < -0.39 is 0 Å². The second-order valence-corrected chi connectivity index (χ2v) is 3.84. The molecule has 0 amide bonds. The van der Waals surface area contributed by atoms with Crippen molar-refractivity contribution in [3.05, 3.63) is 12.0 Å². The zero-order valence-electron chi connectivity index (χ0n) is 9.98. The molecular formula is C11H22N4O. The number of nitrogen functional groups attached to an aromatic ring is 1. The van der Waals surface area contributed by atoms with E-state index in [0.29, 0.717) is 19.0 Å². The van der Waals surface area contributed by atoms with Crippen molar-refractivity contribution in [3.8, 4) is 0 Å². The molecule has 1 aromatic heterocycles. The summed E-state index contributed by atoms with van der Waals surface area (Å²) in [6, 6.07) is 0. The summed E-state index contributed by atoms with van der Waals surface area (Å²) in [5.74, 6) is 1.43. The largest absolute Gasteiger partial charge is 0.413 e. The van der Waals surface area contributed by atoms with E-state index in [-0.39, 0.29) is 0 Å². The van der Waals surface area contributed by atoms with Crippen LogP contribution in [0.5, 0.6) is 0 Å². The molecule has 16 heavy (non-hydrogen) atoms. The highest BCUT2D eigenvalue weighted by Crippen LogP contribution is 2.07. The Morgan fingerprint density at radius 1 is 1.38 bits per heavy atom. The quantitative estimate of drug-likeness (QED) is 0.647. The summed E-state index contributed by atoms with van der Waals surface area (Å²) >= 11 is 0. The number of anilines is 1. The zero-order valence-corrected chi connectivity index (χ0v) is 9.98. The number of imidazole rings is 1. The van der Waals surface area contributed by atoms with Crippen LogP contribution in [-0.2, 0) is 6.42 Å². The monoisotopic (exact) mass is 226 g/mol. The first-order chi connectivity index (χ1) is 7.77. The molecule has 92 valence electrons. The Bertz CT molecular complexity index is 298. The van der Waals surface area contributed by atoms with Crippen molar-refractivity contribution in [2.45, 2.75) is 39.0 Å². The van der Waals surface area contributed by atoms with Gasteiger partial charge in [0.2, 0.25) is 0 Å². The number of hydrogen-bond donors (Lipinski definition) is 2. The molecule has 1 rings (SSSR count). The van der Waals surface area contributed by atoms with E-state index in [9.17, 15) is 0 Å². The van der Waals surface area contributed by atoms with Gasteiger partial charge in [0.1, 0.15) is 18.2 Å². The lowest BCUT2D eigenvalue weighted by atomic mass is 10.2. The van der Waals surface area contributed by atoms with Gasteiger partial charge in [0.15, 0.2) is 0 Å². The van der Waals surface area contributed by atoms with E-state index in [1.54, 1.807) is 10.9 Å². The Hall–Kier alpha value is -1.23. The summed E-state index contributed by atoms with van der Waals surface area (Å²) in [5.41, 5.74) is 11.1. The van der Waals surface area contributed by atoms with Crippen molar-refractivity contribution in [1.29, 1.82) is 0 Å². The average Bonchev–Trinajstić information content (AvgIpc) is 2.62. The molecule has 0 aliphatic rings. The lowest BCUT2D eigenvalue weighted by Gasteiger charge is -2.08. The lowest BCUT2D eigenvalue weighted by Crippen LogP contribution is -2.16. The molecule has 0 saturated heterocycles. The summed E-state index contributed by atoms with van der Waals surface area (Å²) in [5, 5.41) is 0. The maximum Gasteiger partial charge on any atom is 0.147 e. The Morgan fingerprint density at radius 2 is 2.19 bits per heavy atom. The number of unbranched alkanes of at least 4 members (excludes halogenated alkanes) is 2. The van der Waals surface area contributed by atoms with Gasteiger partial charge >= 0.3 is 0 Å². The summed E-state index contributed by atoms with van der Waals surface area (Å²) in [7, 11) is 0. The van der Waals surface area contributed by atoms with Gasteiger partial charge in [-0.3, -0.25) is 0 Å². The molecule has 4 N–H and O–H groups in total. The molecule has 5 heteroatoms. The van der Waals surface area contributed by atoms with Gasteiger partial charge in [-0.05, 0) is 25.8 Å². The normalized spacial score (nSPS) is 10.6. The Labute approximate surface area is 96.7 Å². The van der Waals surface area contributed by atoms with Gasteiger partial charge in [-0.25, -0.2) is 4.98 Å². The van der Waals surface area contributed by atoms with Crippen molar-refractivity contribution in [2.75, 3.05) is 18.9 Å². The second-order valence-electron chi connectivity index (χ2n) is 3.84. The van der Waals surface area contributed by atoms with E-state index >= 15 is 0 Å². The number of aryl methyl sites for hydroxylation is 1. The Morgan fingerprint density at radius 3 is 2.88 bits per heavy atom. The van der Waals surface area contributed by atoms with Gasteiger partial charge in [0.05, 0.1) is 6.20 Å². The van der Waals surface area contributed by atoms with Crippen LogP contribution < -0.4 is 16.3 Å². The van der Waals surface area contributed by atoms with Crippen LogP contribution in [0.3, 0.4) is 0 Å². The van der Waals surface area contributed by atoms with Crippen LogP contribution in [0.25, 0.3) is 0 Å². The molecule has 0 atom stereocenters. The fraction of sp³-hybridized carbons (Fsp3) is 0.727. The molecule has 1 aromatic rings. The SMILES string of the molecule is CCCCc1nc(N)cn1OCCCCN. The molecule has 0 saturated carbocycles. The molecule has 5 nitrogen and oxygen atoms in total. The molecule has 0 spiro atoms. The smallest absolute Gasteiger partial charge is 0.147 e. The minimum absolute atomic E-state index is 0.518. The number of nitrogens with two attached hydrogens (primary N) is 2. The van der Waals surface area contributed by atoms with Gasteiger partial charge in [0.25, 0.3) is 0 Å². The first-order valence-electron chi connectivity index (χ1n) is 5.95. The fourth-order valence-electron chi connectivity index (χ4n) is 1.44. The van der Waals surface area contributed by atoms with Gasteiger partial charge in [-0.15, -0.1) is 0 Å². The molecule has 0 radical (unpaired) electrons. The van der Waals surface area contributed by atoms with Gasteiger partial charge in [-0.2, -0.15) is 4.73 Å². The molecule has 0 aliphatic carbocycles. The highest BCUT2D eigenvalue weighted by molar-refractivity contribution is 5.25. The second kappa shape index (κ2) is 7.11. The van der Waals surface area contributed by atoms with Crippen molar-refractivity contribution in [1.82, 2.24) is 9.71 Å². The summed E-state index contributed by atoms with van der Waals surface area (Å²) < 4.78 is 1.70.